The van der Waals surface area contributed by atoms with Crippen LogP contribution in [0.3, 0.4) is 0 Å². The van der Waals surface area contributed by atoms with Crippen LogP contribution in [0.2, 0.25) is 0 Å². The minimum absolute atomic E-state index is 0.0608. The zero-order valence-electron chi connectivity index (χ0n) is 24.2. The van der Waals surface area contributed by atoms with E-state index in [0.29, 0.717) is 0 Å². The van der Waals surface area contributed by atoms with Crippen LogP contribution in [-0.2, 0) is 48.3 Å². The number of benzene rings is 3. The summed E-state index contributed by atoms with van der Waals surface area (Å²) in [6, 6.07) is 28.6. The Balaban J connectivity index is 1.63. The third-order valence-corrected chi connectivity index (χ3v) is 6.58. The van der Waals surface area contributed by atoms with Crippen molar-refractivity contribution in [2.24, 2.45) is 0 Å². The molecule has 9 heteroatoms. The lowest BCUT2D eigenvalue weighted by Gasteiger charge is -2.45. The number of ether oxygens (including phenoxy) is 5. The number of rotatable bonds is 12. The van der Waals surface area contributed by atoms with Gasteiger partial charge in [-0.15, -0.1) is 0 Å². The van der Waals surface area contributed by atoms with Gasteiger partial charge in [0.25, 0.3) is 0 Å². The highest BCUT2D eigenvalue weighted by atomic mass is 16.6. The van der Waals surface area contributed by atoms with E-state index in [1.54, 1.807) is 20.8 Å². The molecule has 0 spiro atoms. The van der Waals surface area contributed by atoms with E-state index in [0.717, 1.165) is 16.7 Å². The highest BCUT2D eigenvalue weighted by Crippen LogP contribution is 2.31. The number of nitrogens with one attached hydrogen (secondary N) is 1. The summed E-state index contributed by atoms with van der Waals surface area (Å²) in [5.41, 5.74) is 1.99. The fourth-order valence-electron chi connectivity index (χ4n) is 4.65. The summed E-state index contributed by atoms with van der Waals surface area (Å²) in [5.74, 6) is -1.20. The highest BCUT2D eigenvalue weighted by molar-refractivity contribution is 5.73. The lowest BCUT2D eigenvalue weighted by Crippen LogP contribution is -2.64. The van der Waals surface area contributed by atoms with Crippen molar-refractivity contribution in [3.8, 4) is 0 Å². The topological polar surface area (TPSA) is 113 Å². The Morgan fingerprint density at radius 1 is 0.714 bits per heavy atom. The van der Waals surface area contributed by atoms with Crippen molar-refractivity contribution in [3.05, 3.63) is 108 Å². The Bertz CT molecular complexity index is 1250. The summed E-state index contributed by atoms with van der Waals surface area (Å²) < 4.78 is 30.6. The van der Waals surface area contributed by atoms with Crippen LogP contribution in [0.1, 0.15) is 37.5 Å². The Morgan fingerprint density at radius 2 is 1.14 bits per heavy atom. The molecule has 4 rings (SSSR count). The monoisotopic (exact) mass is 577 g/mol. The largest absolute Gasteiger partial charge is 0.479 e. The molecule has 3 aromatic carbocycles. The van der Waals surface area contributed by atoms with Crippen LogP contribution in [0.4, 0.5) is 4.79 Å². The number of hydrogen-bond donors (Lipinski definition) is 2. The van der Waals surface area contributed by atoms with Crippen molar-refractivity contribution in [2.75, 3.05) is 6.54 Å². The van der Waals surface area contributed by atoms with Crippen molar-refractivity contribution >= 4 is 12.1 Å². The summed E-state index contributed by atoms with van der Waals surface area (Å²) in [7, 11) is 0. The molecule has 42 heavy (non-hydrogen) atoms. The minimum atomic E-state index is -1.38. The molecule has 0 saturated carbocycles. The van der Waals surface area contributed by atoms with E-state index in [4.69, 9.17) is 23.7 Å². The Hall–Kier alpha value is -3.76. The van der Waals surface area contributed by atoms with Crippen LogP contribution < -0.4 is 5.32 Å². The number of carbonyl (C=O) groups is 2. The number of carbonyl (C=O) groups excluding carboxylic acids is 1. The highest BCUT2D eigenvalue weighted by Gasteiger charge is 2.51. The van der Waals surface area contributed by atoms with Crippen LogP contribution in [0.15, 0.2) is 91.0 Å². The van der Waals surface area contributed by atoms with Crippen LogP contribution in [0.25, 0.3) is 0 Å². The van der Waals surface area contributed by atoms with E-state index < -0.39 is 48.2 Å². The van der Waals surface area contributed by atoms with Crippen LogP contribution in [0, 0.1) is 0 Å². The van der Waals surface area contributed by atoms with Crippen LogP contribution in [0.5, 0.6) is 0 Å². The van der Waals surface area contributed by atoms with Crippen molar-refractivity contribution in [1.82, 2.24) is 5.32 Å². The average molecular weight is 578 g/mol. The van der Waals surface area contributed by atoms with Crippen molar-refractivity contribution in [2.45, 2.75) is 76.7 Å². The molecule has 1 amide bonds. The molecule has 224 valence electrons. The molecule has 2 N–H and O–H groups in total. The van der Waals surface area contributed by atoms with E-state index in [1.165, 1.54) is 0 Å². The maximum absolute atomic E-state index is 12.5. The minimum Gasteiger partial charge on any atom is -0.479 e. The summed E-state index contributed by atoms with van der Waals surface area (Å²) in [4.78, 5) is 25.1. The van der Waals surface area contributed by atoms with E-state index in [1.807, 2.05) is 91.0 Å². The summed E-state index contributed by atoms with van der Waals surface area (Å²) in [6.45, 7) is 5.78. The molecule has 0 bridgehead atoms. The number of alkyl carbamates (subject to hydrolysis) is 1. The number of aliphatic carboxylic acids is 1. The number of carboxylic acids is 1. The maximum atomic E-state index is 12.5. The summed E-state index contributed by atoms with van der Waals surface area (Å²) in [5, 5.41) is 12.9. The molecule has 1 heterocycles. The third kappa shape index (κ3) is 9.39. The van der Waals surface area contributed by atoms with Gasteiger partial charge in [0, 0.05) is 6.54 Å². The normalized spacial score (nSPS) is 22.3. The number of amides is 1. The second kappa shape index (κ2) is 14.9. The van der Waals surface area contributed by atoms with Gasteiger partial charge in [-0.05, 0) is 37.5 Å². The fraction of sp³-hybridized carbons (Fsp3) is 0.394. The Morgan fingerprint density at radius 3 is 1.57 bits per heavy atom. The molecule has 1 fully saturated rings. The standard InChI is InChI=1S/C33H39NO8/c1-33(2,3)42-32(37)34-19-26-27(38-20-23-13-7-4-8-14-23)28(39-21-24-15-9-5-10-16-24)29(30(41-26)31(35)36)40-22-25-17-11-6-12-18-25/h4-18,26-30H,19-22H2,1-3H3,(H,34,37)(H,35,36)/t26-,27-,28+,29-,30-/m1/s1. The molecule has 3 aromatic rings. The van der Waals surface area contributed by atoms with E-state index in [9.17, 15) is 14.7 Å². The Kier molecular flexibility index (Phi) is 11.1. The molecule has 0 radical (unpaired) electrons. The number of hydrogen-bond acceptors (Lipinski definition) is 7. The number of carboxylic acid groups (broad SMARTS) is 1. The van der Waals surface area contributed by atoms with Gasteiger partial charge < -0.3 is 34.1 Å². The lowest BCUT2D eigenvalue weighted by molar-refractivity contribution is -0.263. The summed E-state index contributed by atoms with van der Waals surface area (Å²) in [6.07, 6.45) is -5.55. The average Bonchev–Trinajstić information content (AvgIpc) is 2.97. The molecule has 0 aliphatic carbocycles. The molecular formula is C33H39NO8. The molecule has 0 aromatic heterocycles. The zero-order valence-corrected chi connectivity index (χ0v) is 24.2. The van der Waals surface area contributed by atoms with Crippen LogP contribution in [-0.4, -0.2) is 59.8 Å². The first kappa shape index (κ1) is 31.2. The zero-order chi connectivity index (χ0) is 30.0. The SMILES string of the molecule is CC(C)(C)OC(=O)NC[C@H]1O[C@@H](C(=O)O)[C@H](OCc2ccccc2)[C@@H](OCc2ccccc2)[C@@H]1OCc1ccccc1. The second-order valence-electron chi connectivity index (χ2n) is 11.1. The first-order valence-electron chi connectivity index (χ1n) is 14.0. The van der Waals surface area contributed by atoms with Gasteiger partial charge in [-0.3, -0.25) is 0 Å². The summed E-state index contributed by atoms with van der Waals surface area (Å²) >= 11 is 0. The van der Waals surface area contributed by atoms with Gasteiger partial charge in [0.05, 0.1) is 19.8 Å². The van der Waals surface area contributed by atoms with Gasteiger partial charge in [-0.2, -0.15) is 0 Å². The van der Waals surface area contributed by atoms with Gasteiger partial charge in [0.1, 0.15) is 30.0 Å². The molecular weight excluding hydrogens is 538 g/mol. The van der Waals surface area contributed by atoms with E-state index in [-0.39, 0.29) is 26.4 Å². The smallest absolute Gasteiger partial charge is 0.407 e. The molecule has 1 aliphatic heterocycles. The molecule has 5 atom stereocenters. The predicted octanol–water partition coefficient (Wildman–Crippen LogP) is 5.12. The van der Waals surface area contributed by atoms with Gasteiger partial charge in [-0.1, -0.05) is 91.0 Å². The van der Waals surface area contributed by atoms with Crippen LogP contribution >= 0.6 is 0 Å². The van der Waals surface area contributed by atoms with Crippen molar-refractivity contribution < 1.29 is 38.4 Å². The third-order valence-electron chi connectivity index (χ3n) is 6.58. The molecule has 1 saturated heterocycles. The van der Waals surface area contributed by atoms with Crippen molar-refractivity contribution in [1.29, 1.82) is 0 Å². The predicted molar refractivity (Wildman–Crippen MR) is 156 cm³/mol. The first-order valence-corrected chi connectivity index (χ1v) is 14.0. The van der Waals surface area contributed by atoms with Gasteiger partial charge in [0.2, 0.25) is 0 Å². The van der Waals surface area contributed by atoms with E-state index >= 15 is 0 Å². The lowest BCUT2D eigenvalue weighted by atomic mass is 9.93. The van der Waals surface area contributed by atoms with E-state index in [2.05, 4.69) is 5.32 Å². The van der Waals surface area contributed by atoms with Gasteiger partial charge >= 0.3 is 12.1 Å². The van der Waals surface area contributed by atoms with Crippen molar-refractivity contribution in [3.63, 3.8) is 0 Å². The molecule has 0 unspecified atom stereocenters. The fourth-order valence-corrected chi connectivity index (χ4v) is 4.65. The first-order chi connectivity index (χ1) is 20.2. The van der Waals surface area contributed by atoms with Gasteiger partial charge in [0.15, 0.2) is 6.10 Å². The molecule has 1 aliphatic rings. The van der Waals surface area contributed by atoms with Gasteiger partial charge in [-0.25, -0.2) is 9.59 Å². The quantitative estimate of drug-likeness (QED) is 0.305. The maximum Gasteiger partial charge on any atom is 0.407 e. The Labute approximate surface area is 246 Å². The molecule has 9 nitrogen and oxygen atoms in total. The second-order valence-corrected chi connectivity index (χ2v) is 11.1.